The maximum Gasteiger partial charge on any atom is 0.179 e. The predicted molar refractivity (Wildman–Crippen MR) is 98.1 cm³/mol. The van der Waals surface area contributed by atoms with Crippen LogP contribution in [0.1, 0.15) is 69.2 Å². The van der Waals surface area contributed by atoms with Gasteiger partial charge in [0.1, 0.15) is 11.9 Å². The zero-order valence-electron chi connectivity index (χ0n) is 14.9. The number of carbonyl (C=O) groups excluding carboxylic acids is 1. The van der Waals surface area contributed by atoms with Crippen LogP contribution in [0.3, 0.4) is 0 Å². The van der Waals surface area contributed by atoms with Crippen molar-refractivity contribution in [2.75, 3.05) is 11.9 Å². The van der Waals surface area contributed by atoms with E-state index in [2.05, 4.69) is 17.6 Å². The molecule has 4 nitrogen and oxygen atoms in total. The van der Waals surface area contributed by atoms with Crippen LogP contribution in [0.2, 0.25) is 0 Å². The number of anilines is 1. The van der Waals surface area contributed by atoms with Crippen molar-refractivity contribution in [2.24, 2.45) is 0 Å². The van der Waals surface area contributed by atoms with Gasteiger partial charge in [0.2, 0.25) is 0 Å². The molecule has 132 valence electrons. The van der Waals surface area contributed by atoms with E-state index in [4.69, 9.17) is 4.74 Å². The van der Waals surface area contributed by atoms with E-state index in [0.29, 0.717) is 6.04 Å². The number of hydrogen-bond acceptors (Lipinski definition) is 4. The van der Waals surface area contributed by atoms with Gasteiger partial charge in [-0.2, -0.15) is 0 Å². The van der Waals surface area contributed by atoms with Crippen LogP contribution in [-0.4, -0.2) is 30.5 Å². The number of ether oxygens (including phenoxy) is 1. The van der Waals surface area contributed by atoms with Crippen LogP contribution in [0, 0.1) is 0 Å². The number of rotatable bonds is 5. The number of hydrogen-bond donors (Lipinski definition) is 2. The molecule has 1 heterocycles. The van der Waals surface area contributed by atoms with Crippen molar-refractivity contribution in [3.63, 3.8) is 0 Å². The van der Waals surface area contributed by atoms with Crippen LogP contribution in [0.4, 0.5) is 5.69 Å². The maximum absolute atomic E-state index is 12.8. The van der Waals surface area contributed by atoms with E-state index < -0.39 is 0 Å². The monoisotopic (exact) mass is 330 g/mol. The van der Waals surface area contributed by atoms with Gasteiger partial charge in [0, 0.05) is 11.6 Å². The van der Waals surface area contributed by atoms with Crippen LogP contribution in [0.25, 0.3) is 0 Å². The smallest absolute Gasteiger partial charge is 0.179 e. The largest absolute Gasteiger partial charge is 0.486 e. The Balaban J connectivity index is 1.64. The fraction of sp³-hybridized carbons (Fsp3) is 0.650. The molecule has 1 aliphatic carbocycles. The SMILES string of the molecule is CCC1CNc2cc(C(=O)C(C)NC3CCCCCC3)ccc2O1. The molecule has 0 saturated heterocycles. The summed E-state index contributed by atoms with van der Waals surface area (Å²) in [6.45, 7) is 4.91. The first-order chi connectivity index (χ1) is 11.7. The molecular formula is C20H30N2O2. The van der Waals surface area contributed by atoms with E-state index in [0.717, 1.165) is 30.0 Å². The Hall–Kier alpha value is -1.55. The van der Waals surface area contributed by atoms with Gasteiger partial charge in [-0.05, 0) is 44.4 Å². The second-order valence-electron chi connectivity index (χ2n) is 7.18. The Morgan fingerprint density at radius 1 is 1.29 bits per heavy atom. The van der Waals surface area contributed by atoms with Crippen LogP contribution in [0.15, 0.2) is 18.2 Å². The lowest BCUT2D eigenvalue weighted by Gasteiger charge is -2.27. The van der Waals surface area contributed by atoms with E-state index in [1.807, 2.05) is 25.1 Å². The zero-order chi connectivity index (χ0) is 16.9. The van der Waals surface area contributed by atoms with Crippen LogP contribution in [0.5, 0.6) is 5.75 Å². The highest BCUT2D eigenvalue weighted by atomic mass is 16.5. The van der Waals surface area contributed by atoms with Gasteiger partial charge in [0.05, 0.1) is 18.3 Å². The lowest BCUT2D eigenvalue weighted by molar-refractivity contribution is 0.0942. The average Bonchev–Trinajstić information content (AvgIpc) is 2.88. The highest BCUT2D eigenvalue weighted by Crippen LogP contribution is 2.31. The van der Waals surface area contributed by atoms with Crippen LogP contribution >= 0.6 is 0 Å². The van der Waals surface area contributed by atoms with Crippen LogP contribution < -0.4 is 15.4 Å². The molecular weight excluding hydrogens is 300 g/mol. The molecule has 0 aromatic heterocycles. The van der Waals surface area contributed by atoms with Crippen molar-refractivity contribution in [3.05, 3.63) is 23.8 Å². The normalized spacial score (nSPS) is 22.7. The first-order valence-corrected chi connectivity index (χ1v) is 9.52. The van der Waals surface area contributed by atoms with Crippen molar-refractivity contribution >= 4 is 11.5 Å². The van der Waals surface area contributed by atoms with Gasteiger partial charge in [-0.15, -0.1) is 0 Å². The summed E-state index contributed by atoms with van der Waals surface area (Å²) in [5.41, 5.74) is 1.70. The summed E-state index contributed by atoms with van der Waals surface area (Å²) in [5.74, 6) is 1.02. The third-order valence-corrected chi connectivity index (χ3v) is 5.27. The van der Waals surface area contributed by atoms with Gasteiger partial charge >= 0.3 is 0 Å². The Bertz CT molecular complexity index is 565. The maximum atomic E-state index is 12.8. The van der Waals surface area contributed by atoms with Gasteiger partial charge < -0.3 is 15.4 Å². The number of nitrogens with one attached hydrogen (secondary N) is 2. The molecule has 2 atom stereocenters. The van der Waals surface area contributed by atoms with E-state index >= 15 is 0 Å². The molecule has 1 saturated carbocycles. The first-order valence-electron chi connectivity index (χ1n) is 9.52. The molecule has 2 unspecified atom stereocenters. The Morgan fingerprint density at radius 3 is 2.75 bits per heavy atom. The fourth-order valence-corrected chi connectivity index (χ4v) is 3.72. The third-order valence-electron chi connectivity index (χ3n) is 5.27. The molecule has 1 fully saturated rings. The minimum atomic E-state index is -0.140. The molecule has 0 bridgehead atoms. The first kappa shape index (κ1) is 17.3. The molecule has 1 aromatic rings. The quantitative estimate of drug-likeness (QED) is 0.629. The standard InChI is InChI=1S/C20H30N2O2/c1-3-17-13-21-18-12-15(10-11-19(18)24-17)20(23)14(2)22-16-8-6-4-5-7-9-16/h10-12,14,16-17,21-22H,3-9,13H2,1-2H3. The summed E-state index contributed by atoms with van der Waals surface area (Å²) in [6.07, 6.45) is 8.79. The summed E-state index contributed by atoms with van der Waals surface area (Å²) in [7, 11) is 0. The van der Waals surface area contributed by atoms with Crippen molar-refractivity contribution < 1.29 is 9.53 Å². The summed E-state index contributed by atoms with van der Waals surface area (Å²) >= 11 is 0. The molecule has 1 aliphatic heterocycles. The molecule has 0 spiro atoms. The Morgan fingerprint density at radius 2 is 2.04 bits per heavy atom. The van der Waals surface area contributed by atoms with Crippen LogP contribution in [-0.2, 0) is 0 Å². The number of Topliss-reactive ketones (excluding diaryl/α,β-unsaturated/α-hetero) is 1. The van der Waals surface area contributed by atoms with Crippen molar-refractivity contribution in [3.8, 4) is 5.75 Å². The van der Waals surface area contributed by atoms with E-state index in [9.17, 15) is 4.79 Å². The number of benzene rings is 1. The Kier molecular flexibility index (Phi) is 5.77. The minimum Gasteiger partial charge on any atom is -0.486 e. The van der Waals surface area contributed by atoms with E-state index in [-0.39, 0.29) is 17.9 Å². The zero-order valence-corrected chi connectivity index (χ0v) is 14.9. The second-order valence-corrected chi connectivity index (χ2v) is 7.18. The highest BCUT2D eigenvalue weighted by molar-refractivity contribution is 6.01. The average molecular weight is 330 g/mol. The van der Waals surface area contributed by atoms with Crippen molar-refractivity contribution in [1.29, 1.82) is 0 Å². The number of fused-ring (bicyclic) bond motifs is 1. The van der Waals surface area contributed by atoms with Crippen molar-refractivity contribution in [2.45, 2.75) is 77.0 Å². The summed E-state index contributed by atoms with van der Waals surface area (Å²) in [6, 6.07) is 6.10. The lowest BCUT2D eigenvalue weighted by atomic mass is 10.0. The van der Waals surface area contributed by atoms with Gasteiger partial charge in [-0.1, -0.05) is 32.6 Å². The number of carbonyl (C=O) groups is 1. The summed E-state index contributed by atoms with van der Waals surface area (Å²) in [4.78, 5) is 12.8. The molecule has 0 amide bonds. The summed E-state index contributed by atoms with van der Waals surface area (Å²) in [5, 5.41) is 6.94. The Labute approximate surface area is 145 Å². The van der Waals surface area contributed by atoms with Gasteiger partial charge in [0.15, 0.2) is 5.78 Å². The number of ketones is 1. The second kappa shape index (κ2) is 8.02. The molecule has 24 heavy (non-hydrogen) atoms. The summed E-state index contributed by atoms with van der Waals surface area (Å²) < 4.78 is 5.92. The van der Waals surface area contributed by atoms with Gasteiger partial charge in [-0.25, -0.2) is 0 Å². The molecule has 2 N–H and O–H groups in total. The van der Waals surface area contributed by atoms with E-state index in [1.165, 1.54) is 38.5 Å². The lowest BCUT2D eigenvalue weighted by Crippen LogP contribution is -2.41. The molecule has 0 radical (unpaired) electrons. The molecule has 1 aromatic carbocycles. The minimum absolute atomic E-state index is 0.140. The molecule has 4 heteroatoms. The topological polar surface area (TPSA) is 50.4 Å². The van der Waals surface area contributed by atoms with Gasteiger partial charge in [-0.3, -0.25) is 4.79 Å². The fourth-order valence-electron chi connectivity index (χ4n) is 3.72. The molecule has 3 rings (SSSR count). The predicted octanol–water partition coefficient (Wildman–Crippen LogP) is 4.15. The van der Waals surface area contributed by atoms with Gasteiger partial charge in [0.25, 0.3) is 0 Å². The molecule has 2 aliphatic rings. The third kappa shape index (κ3) is 4.10. The van der Waals surface area contributed by atoms with E-state index in [1.54, 1.807) is 0 Å². The highest BCUT2D eigenvalue weighted by Gasteiger charge is 2.23. The van der Waals surface area contributed by atoms with Crippen molar-refractivity contribution in [1.82, 2.24) is 5.32 Å².